The van der Waals surface area contributed by atoms with E-state index in [1.165, 1.54) is 0 Å². The molecule has 0 bridgehead atoms. The fraction of sp³-hybridized carbons (Fsp3) is 0.500. The first-order valence-electron chi connectivity index (χ1n) is 8.81. The second-order valence-corrected chi connectivity index (χ2v) is 8.34. The van der Waals surface area contributed by atoms with Crippen LogP contribution in [0.25, 0.3) is 10.9 Å². The predicted octanol–water partition coefficient (Wildman–Crippen LogP) is 3.16. The Morgan fingerprint density at radius 1 is 1.32 bits per heavy atom. The van der Waals surface area contributed by atoms with Gasteiger partial charge in [0.15, 0.2) is 0 Å². The molecule has 134 valence electrons. The highest BCUT2D eigenvalue weighted by Crippen LogP contribution is 2.23. The predicted molar refractivity (Wildman–Crippen MR) is 99.7 cm³/mol. The SMILES string of the molecule is Cc1[nH]c2ccc(C(=O)N[C@H]3CC(=O)N(CC(C)(C)C)C3)cc2c1C. The molecule has 1 aliphatic heterocycles. The average Bonchev–Trinajstić information content (AvgIpc) is 2.98. The molecule has 3 rings (SSSR count). The summed E-state index contributed by atoms with van der Waals surface area (Å²) in [6.07, 6.45) is 0.381. The second kappa shape index (κ2) is 6.21. The molecular formula is C20H27N3O2. The number of hydrogen-bond acceptors (Lipinski definition) is 2. The maximum absolute atomic E-state index is 12.6. The van der Waals surface area contributed by atoms with Crippen molar-refractivity contribution >= 4 is 22.7 Å². The summed E-state index contributed by atoms with van der Waals surface area (Å²) < 4.78 is 0. The minimum absolute atomic E-state index is 0.0588. The summed E-state index contributed by atoms with van der Waals surface area (Å²) in [6, 6.07) is 5.58. The van der Waals surface area contributed by atoms with E-state index in [4.69, 9.17) is 0 Å². The zero-order chi connectivity index (χ0) is 18.4. The van der Waals surface area contributed by atoms with Gasteiger partial charge in [-0.2, -0.15) is 0 Å². The highest BCUT2D eigenvalue weighted by molar-refractivity contribution is 5.99. The maximum Gasteiger partial charge on any atom is 0.251 e. The number of amides is 2. The molecule has 1 saturated heterocycles. The molecule has 2 N–H and O–H groups in total. The van der Waals surface area contributed by atoms with Crippen LogP contribution in [0.3, 0.4) is 0 Å². The fourth-order valence-electron chi connectivity index (χ4n) is 3.47. The number of likely N-dealkylation sites (tertiary alicyclic amines) is 1. The topological polar surface area (TPSA) is 65.2 Å². The smallest absolute Gasteiger partial charge is 0.251 e. The van der Waals surface area contributed by atoms with Crippen molar-refractivity contribution in [2.45, 2.75) is 47.1 Å². The number of benzene rings is 1. The van der Waals surface area contributed by atoms with Crippen molar-refractivity contribution < 1.29 is 9.59 Å². The van der Waals surface area contributed by atoms with Gasteiger partial charge >= 0.3 is 0 Å². The molecule has 5 nitrogen and oxygen atoms in total. The summed E-state index contributed by atoms with van der Waals surface area (Å²) in [7, 11) is 0. The van der Waals surface area contributed by atoms with Crippen molar-refractivity contribution in [1.29, 1.82) is 0 Å². The van der Waals surface area contributed by atoms with Crippen LogP contribution in [-0.4, -0.2) is 40.8 Å². The van der Waals surface area contributed by atoms with Crippen LogP contribution < -0.4 is 5.32 Å². The number of aryl methyl sites for hydroxylation is 2. The van der Waals surface area contributed by atoms with Gasteiger partial charge in [-0.1, -0.05) is 20.8 Å². The Balaban J connectivity index is 1.70. The van der Waals surface area contributed by atoms with Crippen molar-refractivity contribution in [2.24, 2.45) is 5.41 Å². The standard InChI is InChI=1S/C20H27N3O2/c1-12-13(2)21-17-7-6-14(8-16(12)17)19(25)22-15-9-18(24)23(10-15)11-20(3,4)5/h6-8,15,21H,9-11H2,1-5H3,(H,22,25)/t15-/m0/s1. The Morgan fingerprint density at radius 2 is 2.04 bits per heavy atom. The molecule has 0 saturated carbocycles. The van der Waals surface area contributed by atoms with E-state index in [0.717, 1.165) is 22.2 Å². The van der Waals surface area contributed by atoms with Gasteiger partial charge in [0.1, 0.15) is 0 Å². The Bertz CT molecular complexity index is 829. The van der Waals surface area contributed by atoms with Crippen LogP contribution in [0, 0.1) is 19.3 Å². The molecule has 1 atom stereocenters. The zero-order valence-corrected chi connectivity index (χ0v) is 15.7. The van der Waals surface area contributed by atoms with Gasteiger partial charge in [-0.3, -0.25) is 9.59 Å². The minimum Gasteiger partial charge on any atom is -0.358 e. The lowest BCUT2D eigenvalue weighted by atomic mass is 9.96. The Morgan fingerprint density at radius 3 is 2.72 bits per heavy atom. The van der Waals surface area contributed by atoms with Crippen LogP contribution in [0.2, 0.25) is 0 Å². The Hall–Kier alpha value is -2.30. The van der Waals surface area contributed by atoms with Crippen molar-refractivity contribution in [1.82, 2.24) is 15.2 Å². The molecular weight excluding hydrogens is 314 g/mol. The van der Waals surface area contributed by atoms with Gasteiger partial charge in [-0.05, 0) is 43.0 Å². The summed E-state index contributed by atoms with van der Waals surface area (Å²) in [5, 5.41) is 4.09. The summed E-state index contributed by atoms with van der Waals surface area (Å²) in [4.78, 5) is 30.0. The molecule has 0 radical (unpaired) electrons. The molecule has 0 unspecified atom stereocenters. The maximum atomic E-state index is 12.6. The van der Waals surface area contributed by atoms with E-state index in [-0.39, 0.29) is 23.3 Å². The Kier molecular flexibility index (Phi) is 4.35. The van der Waals surface area contributed by atoms with E-state index < -0.39 is 0 Å². The first-order chi connectivity index (χ1) is 11.6. The highest BCUT2D eigenvalue weighted by atomic mass is 16.2. The number of fused-ring (bicyclic) bond motifs is 1. The van der Waals surface area contributed by atoms with Crippen molar-refractivity contribution in [3.8, 4) is 0 Å². The van der Waals surface area contributed by atoms with Crippen LogP contribution in [0.4, 0.5) is 0 Å². The van der Waals surface area contributed by atoms with Gasteiger partial charge in [0, 0.05) is 41.7 Å². The van der Waals surface area contributed by atoms with Gasteiger partial charge in [-0.25, -0.2) is 0 Å². The van der Waals surface area contributed by atoms with E-state index in [1.54, 1.807) is 0 Å². The zero-order valence-electron chi connectivity index (χ0n) is 15.7. The third-order valence-corrected chi connectivity index (χ3v) is 4.79. The van der Waals surface area contributed by atoms with Gasteiger partial charge in [-0.15, -0.1) is 0 Å². The van der Waals surface area contributed by atoms with Gasteiger partial charge in [0.05, 0.1) is 6.04 Å². The normalized spacial score (nSPS) is 18.2. The van der Waals surface area contributed by atoms with E-state index in [0.29, 0.717) is 25.1 Å². The quantitative estimate of drug-likeness (QED) is 0.900. The molecule has 2 heterocycles. The number of carbonyl (C=O) groups is 2. The average molecular weight is 341 g/mol. The molecule has 1 fully saturated rings. The van der Waals surface area contributed by atoms with Gasteiger partial charge in [0.2, 0.25) is 5.91 Å². The lowest BCUT2D eigenvalue weighted by molar-refractivity contribution is -0.128. The molecule has 1 aromatic heterocycles. The van der Waals surface area contributed by atoms with Crippen LogP contribution in [0.5, 0.6) is 0 Å². The van der Waals surface area contributed by atoms with Crippen LogP contribution in [0.15, 0.2) is 18.2 Å². The first kappa shape index (κ1) is 17.5. The number of aromatic amines is 1. The van der Waals surface area contributed by atoms with Gasteiger partial charge < -0.3 is 15.2 Å². The number of nitrogens with one attached hydrogen (secondary N) is 2. The van der Waals surface area contributed by atoms with Crippen molar-refractivity contribution in [3.63, 3.8) is 0 Å². The summed E-state index contributed by atoms with van der Waals surface area (Å²) >= 11 is 0. The first-order valence-corrected chi connectivity index (χ1v) is 8.81. The fourth-order valence-corrected chi connectivity index (χ4v) is 3.47. The molecule has 2 amide bonds. The molecule has 5 heteroatoms. The van der Waals surface area contributed by atoms with E-state index in [1.807, 2.05) is 30.0 Å². The van der Waals surface area contributed by atoms with E-state index in [2.05, 4.69) is 38.0 Å². The number of rotatable bonds is 3. The molecule has 2 aromatic rings. The van der Waals surface area contributed by atoms with Crippen LogP contribution >= 0.6 is 0 Å². The molecule has 0 spiro atoms. The van der Waals surface area contributed by atoms with Crippen molar-refractivity contribution in [3.05, 3.63) is 35.0 Å². The monoisotopic (exact) mass is 341 g/mol. The van der Waals surface area contributed by atoms with Crippen LogP contribution in [0.1, 0.15) is 48.8 Å². The summed E-state index contributed by atoms with van der Waals surface area (Å²) in [6.45, 7) is 11.7. The molecule has 25 heavy (non-hydrogen) atoms. The third kappa shape index (κ3) is 3.70. The van der Waals surface area contributed by atoms with E-state index in [9.17, 15) is 9.59 Å². The molecule has 1 aliphatic rings. The lowest BCUT2D eigenvalue weighted by Crippen LogP contribution is -2.39. The summed E-state index contributed by atoms with van der Waals surface area (Å²) in [5.74, 6) is 0.00310. The number of H-pyrrole nitrogens is 1. The summed E-state index contributed by atoms with van der Waals surface area (Å²) in [5.41, 5.74) is 4.02. The largest absolute Gasteiger partial charge is 0.358 e. The second-order valence-electron chi connectivity index (χ2n) is 8.34. The molecule has 0 aliphatic carbocycles. The highest BCUT2D eigenvalue weighted by Gasteiger charge is 2.32. The number of aromatic nitrogens is 1. The van der Waals surface area contributed by atoms with Gasteiger partial charge in [0.25, 0.3) is 5.91 Å². The van der Waals surface area contributed by atoms with Crippen LogP contribution in [-0.2, 0) is 4.79 Å². The Labute approximate surface area is 148 Å². The minimum atomic E-state index is -0.118. The number of carbonyl (C=O) groups excluding carboxylic acids is 2. The van der Waals surface area contributed by atoms with E-state index >= 15 is 0 Å². The third-order valence-electron chi connectivity index (χ3n) is 4.79. The number of hydrogen-bond donors (Lipinski definition) is 2. The number of nitrogens with zero attached hydrogens (tertiary/aromatic N) is 1. The van der Waals surface area contributed by atoms with Crippen molar-refractivity contribution in [2.75, 3.05) is 13.1 Å². The molecule has 1 aromatic carbocycles. The lowest BCUT2D eigenvalue weighted by Gasteiger charge is -2.26.